The second kappa shape index (κ2) is 9.30. The Labute approximate surface area is 196 Å². The van der Waals surface area contributed by atoms with Gasteiger partial charge in [-0.1, -0.05) is 6.07 Å². The zero-order valence-electron chi connectivity index (χ0n) is 19.4. The van der Waals surface area contributed by atoms with Gasteiger partial charge in [-0.15, -0.1) is 0 Å². The molecule has 0 bridgehead atoms. The van der Waals surface area contributed by atoms with Gasteiger partial charge in [-0.3, -0.25) is 4.57 Å². The molecule has 0 amide bonds. The van der Waals surface area contributed by atoms with Crippen molar-refractivity contribution in [2.45, 2.75) is 32.5 Å². The smallest absolute Gasteiger partial charge is 0.296 e. The van der Waals surface area contributed by atoms with Crippen molar-refractivity contribution in [3.63, 3.8) is 0 Å². The van der Waals surface area contributed by atoms with Gasteiger partial charge in [-0.2, -0.15) is 9.97 Å². The summed E-state index contributed by atoms with van der Waals surface area (Å²) in [6, 6.07) is 7.08. The van der Waals surface area contributed by atoms with E-state index in [1.807, 2.05) is 19.9 Å². The van der Waals surface area contributed by atoms with Gasteiger partial charge in [0, 0.05) is 32.2 Å². The van der Waals surface area contributed by atoms with Crippen molar-refractivity contribution in [1.29, 1.82) is 0 Å². The van der Waals surface area contributed by atoms with Crippen LogP contribution in [-0.2, 0) is 9.47 Å². The number of nitrogens with zero attached hydrogens (tertiary/aromatic N) is 6. The van der Waals surface area contributed by atoms with E-state index in [2.05, 4.69) is 14.8 Å². The summed E-state index contributed by atoms with van der Waals surface area (Å²) in [4.78, 5) is 17.9. The summed E-state index contributed by atoms with van der Waals surface area (Å²) in [5.41, 5.74) is 0.805. The van der Waals surface area contributed by atoms with Crippen LogP contribution in [0.2, 0.25) is 0 Å². The van der Waals surface area contributed by atoms with Gasteiger partial charge < -0.3 is 24.0 Å². The maximum Gasteiger partial charge on any atom is 0.296 e. The van der Waals surface area contributed by atoms with E-state index in [4.69, 9.17) is 24.2 Å². The second-order valence-electron chi connectivity index (χ2n) is 8.58. The van der Waals surface area contributed by atoms with Gasteiger partial charge in [0.05, 0.1) is 38.0 Å². The number of anilines is 2. The Morgan fingerprint density at radius 1 is 1.00 bits per heavy atom. The van der Waals surface area contributed by atoms with E-state index in [1.165, 1.54) is 11.7 Å². The van der Waals surface area contributed by atoms with Gasteiger partial charge in [-0.05, 0) is 26.0 Å². The molecule has 2 aliphatic heterocycles. The third kappa shape index (κ3) is 4.25. The molecule has 0 radical (unpaired) electrons. The van der Waals surface area contributed by atoms with E-state index < -0.39 is 12.2 Å². The molecule has 0 aliphatic carbocycles. The van der Waals surface area contributed by atoms with Crippen molar-refractivity contribution < 1.29 is 23.0 Å². The highest BCUT2D eigenvalue weighted by Gasteiger charge is 2.28. The largest absolute Gasteiger partial charge is 0.494 e. The molecule has 0 N–H and O–H groups in total. The topological polar surface area (TPSA) is 77.8 Å². The van der Waals surface area contributed by atoms with Gasteiger partial charge in [0.15, 0.2) is 5.82 Å². The molecule has 5 rings (SSSR count). The number of methoxy groups -OCH3 is 1. The number of morpholine rings is 2. The number of imidazole rings is 1. The first-order valence-corrected chi connectivity index (χ1v) is 11.4. The van der Waals surface area contributed by atoms with Gasteiger partial charge in [0.2, 0.25) is 5.95 Å². The molecule has 3 aromatic rings. The monoisotopic (exact) mass is 474 g/mol. The van der Waals surface area contributed by atoms with Crippen LogP contribution in [-0.4, -0.2) is 78.2 Å². The number of rotatable bonds is 5. The van der Waals surface area contributed by atoms with E-state index in [1.54, 1.807) is 18.2 Å². The van der Waals surface area contributed by atoms with E-state index in [-0.39, 0.29) is 18.2 Å². The van der Waals surface area contributed by atoms with Crippen LogP contribution in [0.15, 0.2) is 24.3 Å². The number of ether oxygens (including phenoxy) is 3. The zero-order valence-corrected chi connectivity index (χ0v) is 19.4. The van der Waals surface area contributed by atoms with Crippen molar-refractivity contribution >= 4 is 22.7 Å². The minimum atomic E-state index is -2.82. The van der Waals surface area contributed by atoms with Crippen LogP contribution in [0, 0.1) is 0 Å². The average molecular weight is 475 g/mol. The van der Waals surface area contributed by atoms with Crippen LogP contribution in [0.25, 0.3) is 17.0 Å². The normalized spacial score (nSPS) is 21.5. The Balaban J connectivity index is 1.69. The summed E-state index contributed by atoms with van der Waals surface area (Å²) >= 11 is 0. The second-order valence-corrected chi connectivity index (χ2v) is 8.58. The van der Waals surface area contributed by atoms with E-state index in [0.29, 0.717) is 67.8 Å². The molecule has 0 spiro atoms. The fourth-order valence-electron chi connectivity index (χ4n) is 4.60. The summed E-state index contributed by atoms with van der Waals surface area (Å²) in [6.07, 6.45) is -2.78. The highest BCUT2D eigenvalue weighted by atomic mass is 19.3. The van der Waals surface area contributed by atoms with E-state index in [0.717, 1.165) is 0 Å². The minimum absolute atomic E-state index is 0.0176. The third-order valence-electron chi connectivity index (χ3n) is 6.06. The lowest BCUT2D eigenvalue weighted by Crippen LogP contribution is -2.46. The van der Waals surface area contributed by atoms with Gasteiger partial charge >= 0.3 is 0 Å². The lowest BCUT2D eigenvalue weighted by molar-refractivity contribution is -0.00546. The number of halogens is 2. The predicted molar refractivity (Wildman–Crippen MR) is 123 cm³/mol. The van der Waals surface area contributed by atoms with Gasteiger partial charge in [-0.25, -0.2) is 13.8 Å². The fourth-order valence-corrected chi connectivity index (χ4v) is 4.60. The maximum atomic E-state index is 14.2. The van der Waals surface area contributed by atoms with Crippen molar-refractivity contribution in [3.8, 4) is 11.7 Å². The predicted octanol–water partition coefficient (Wildman–Crippen LogP) is 3.21. The van der Waals surface area contributed by atoms with Crippen LogP contribution < -0.4 is 14.5 Å². The number of para-hydroxylation sites is 1. The summed E-state index contributed by atoms with van der Waals surface area (Å²) in [5.74, 6) is 1.47. The van der Waals surface area contributed by atoms with E-state index in [9.17, 15) is 8.78 Å². The standard InChI is InChI=1S/C23H28F2N6O3/c1-14-12-30(13-15(2)34-14)19-11-18(29-7-9-33-10-8-29)26-23(27-19)31-16-5-4-6-17(32-3)20(16)28-22(31)21(24)25/h4-6,11,14-15,21H,7-10,12-13H2,1-3H3/t14-,15-/m1/s1. The van der Waals surface area contributed by atoms with Crippen LogP contribution in [0.4, 0.5) is 20.4 Å². The Kier molecular flexibility index (Phi) is 6.22. The number of fused-ring (bicyclic) bond motifs is 1. The molecule has 2 aliphatic rings. The Morgan fingerprint density at radius 2 is 1.68 bits per heavy atom. The minimum Gasteiger partial charge on any atom is -0.494 e. The quantitative estimate of drug-likeness (QED) is 0.558. The number of benzene rings is 1. The van der Waals surface area contributed by atoms with Crippen LogP contribution in [0.1, 0.15) is 26.1 Å². The molecule has 2 atom stereocenters. The molecule has 34 heavy (non-hydrogen) atoms. The molecule has 4 heterocycles. The van der Waals surface area contributed by atoms with Crippen molar-refractivity contribution in [3.05, 3.63) is 30.1 Å². The van der Waals surface area contributed by atoms with Gasteiger partial charge in [0.1, 0.15) is 22.9 Å². The fraction of sp³-hybridized carbons (Fsp3) is 0.522. The Morgan fingerprint density at radius 3 is 2.32 bits per heavy atom. The summed E-state index contributed by atoms with van der Waals surface area (Å²) in [5, 5.41) is 0. The van der Waals surface area contributed by atoms with Crippen LogP contribution in [0.5, 0.6) is 5.75 Å². The molecule has 0 unspecified atom stereocenters. The Bertz CT molecular complexity index is 1160. The lowest BCUT2D eigenvalue weighted by Gasteiger charge is -2.37. The molecule has 9 nitrogen and oxygen atoms in total. The summed E-state index contributed by atoms with van der Waals surface area (Å²) < 4.78 is 46.4. The molecule has 2 saturated heterocycles. The van der Waals surface area contributed by atoms with E-state index >= 15 is 0 Å². The molecule has 2 fully saturated rings. The van der Waals surface area contributed by atoms with Crippen molar-refractivity contribution in [1.82, 2.24) is 19.5 Å². The van der Waals surface area contributed by atoms with Crippen molar-refractivity contribution in [2.24, 2.45) is 0 Å². The molecule has 182 valence electrons. The maximum absolute atomic E-state index is 14.2. The number of hydrogen-bond donors (Lipinski definition) is 0. The summed E-state index contributed by atoms with van der Waals surface area (Å²) in [6.45, 7) is 7.78. The highest BCUT2D eigenvalue weighted by Crippen LogP contribution is 2.33. The van der Waals surface area contributed by atoms with Crippen LogP contribution >= 0.6 is 0 Å². The molecular formula is C23H28F2N6O3. The average Bonchev–Trinajstić information content (AvgIpc) is 3.24. The lowest BCUT2D eigenvalue weighted by atomic mass is 10.2. The molecule has 0 saturated carbocycles. The number of aromatic nitrogens is 4. The SMILES string of the molecule is COc1cccc2c1nc(C(F)F)n2-c1nc(N2CCOCC2)cc(N2C[C@@H](C)O[C@H](C)C2)n1. The summed E-state index contributed by atoms with van der Waals surface area (Å²) in [7, 11) is 1.49. The molecule has 1 aromatic carbocycles. The van der Waals surface area contributed by atoms with Crippen molar-refractivity contribution in [2.75, 3.05) is 56.3 Å². The zero-order chi connectivity index (χ0) is 23.8. The number of alkyl halides is 2. The third-order valence-corrected chi connectivity index (χ3v) is 6.06. The number of hydrogen-bond acceptors (Lipinski definition) is 8. The highest BCUT2D eigenvalue weighted by molar-refractivity contribution is 5.84. The first-order valence-electron chi connectivity index (χ1n) is 11.4. The molecule has 11 heteroatoms. The first-order chi connectivity index (χ1) is 16.4. The molecular weight excluding hydrogens is 446 g/mol. The first kappa shape index (κ1) is 22.7. The van der Waals surface area contributed by atoms with Crippen LogP contribution in [0.3, 0.4) is 0 Å². The molecule has 2 aromatic heterocycles. The Hall–Kier alpha value is -3.05. The van der Waals surface area contributed by atoms with Gasteiger partial charge in [0.25, 0.3) is 6.43 Å².